The fourth-order valence-electron chi connectivity index (χ4n) is 4.25. The van der Waals surface area contributed by atoms with Gasteiger partial charge in [-0.2, -0.15) is 9.83 Å². The average Bonchev–Trinajstić information content (AvgIpc) is 3.34. The summed E-state index contributed by atoms with van der Waals surface area (Å²) in [6.45, 7) is 1.36. The molecule has 136 valence electrons. The van der Waals surface area contributed by atoms with E-state index in [-0.39, 0.29) is 11.9 Å². The summed E-state index contributed by atoms with van der Waals surface area (Å²) >= 11 is 0. The molecule has 2 aromatic rings. The molecule has 8 heteroatoms. The van der Waals surface area contributed by atoms with Crippen molar-refractivity contribution in [2.45, 2.75) is 44.1 Å². The van der Waals surface area contributed by atoms with E-state index in [0.29, 0.717) is 41.3 Å². The van der Waals surface area contributed by atoms with Crippen molar-refractivity contribution in [1.82, 2.24) is 20.1 Å². The van der Waals surface area contributed by atoms with Crippen molar-refractivity contribution in [3.63, 3.8) is 0 Å². The summed E-state index contributed by atoms with van der Waals surface area (Å²) in [5, 5.41) is 19.4. The van der Waals surface area contributed by atoms with Crippen molar-refractivity contribution in [1.29, 1.82) is 0 Å². The maximum Gasteiger partial charge on any atom is 0.272 e. The molecule has 3 heterocycles. The quantitative estimate of drug-likeness (QED) is 0.651. The molecule has 8 nitrogen and oxygen atoms in total. The van der Waals surface area contributed by atoms with E-state index in [1.165, 1.54) is 18.6 Å². The molecule has 0 bridgehead atoms. The number of nitrogens with one attached hydrogen (secondary N) is 1. The molecule has 0 aromatic carbocycles. The van der Waals surface area contributed by atoms with Gasteiger partial charge in [0.25, 0.3) is 5.91 Å². The molecule has 1 saturated carbocycles. The van der Waals surface area contributed by atoms with Crippen LogP contribution >= 0.6 is 0 Å². The van der Waals surface area contributed by atoms with Crippen LogP contribution in [0.15, 0.2) is 18.6 Å². The Morgan fingerprint density at radius 2 is 2.19 bits per heavy atom. The number of hydrogen-bond acceptors (Lipinski definition) is 5. The fraction of sp³-hybridized carbons (Fsp3) is 0.556. The largest absolute Gasteiger partial charge is 0.619 e. The van der Waals surface area contributed by atoms with Gasteiger partial charge in [-0.05, 0) is 38.0 Å². The highest BCUT2D eigenvalue weighted by molar-refractivity contribution is 5.94. The third kappa shape index (κ3) is 2.65. The van der Waals surface area contributed by atoms with Crippen LogP contribution in [0.25, 0.3) is 5.82 Å². The van der Waals surface area contributed by atoms with E-state index in [9.17, 15) is 10.0 Å². The second kappa shape index (κ2) is 6.05. The lowest BCUT2D eigenvalue weighted by Crippen LogP contribution is -2.39. The summed E-state index contributed by atoms with van der Waals surface area (Å²) in [5.41, 5.74) is 2.58. The first-order chi connectivity index (χ1) is 12.7. The lowest BCUT2D eigenvalue weighted by molar-refractivity contribution is -0.605. The highest BCUT2D eigenvalue weighted by Gasteiger charge is 2.47. The summed E-state index contributed by atoms with van der Waals surface area (Å²) in [7, 11) is 0. The van der Waals surface area contributed by atoms with Crippen LogP contribution in [0.5, 0.6) is 0 Å². The summed E-state index contributed by atoms with van der Waals surface area (Å²) in [4.78, 5) is 17.2. The van der Waals surface area contributed by atoms with Gasteiger partial charge in [-0.15, -0.1) is 0 Å². The molecule has 2 aliphatic carbocycles. The molecular weight excluding hydrogens is 334 g/mol. The highest BCUT2D eigenvalue weighted by Crippen LogP contribution is 2.55. The minimum Gasteiger partial charge on any atom is -0.619 e. The van der Waals surface area contributed by atoms with E-state index >= 15 is 0 Å². The standard InChI is InChI=1S/C18H21N5O3/c24-18(20-12-3-7-26-8-4-12)16-13-2-1-11-9-14(11)17(13)23(21-16)15-10-22(25)6-5-19-15/h5-6,10-12,14H,1-4,7-9H2,(H,20,24)/t11-,14+/m1/s1. The van der Waals surface area contributed by atoms with Crippen molar-refractivity contribution < 1.29 is 14.3 Å². The van der Waals surface area contributed by atoms with Crippen LogP contribution in [-0.2, 0) is 11.2 Å². The van der Waals surface area contributed by atoms with Crippen LogP contribution in [0.4, 0.5) is 0 Å². The number of fused-ring (bicyclic) bond motifs is 3. The van der Waals surface area contributed by atoms with Crippen molar-refractivity contribution in [3.05, 3.63) is 40.7 Å². The first kappa shape index (κ1) is 15.7. The molecule has 1 saturated heterocycles. The second-order valence-electron chi connectivity index (χ2n) is 7.40. The van der Waals surface area contributed by atoms with E-state index in [0.717, 1.165) is 43.4 Å². The van der Waals surface area contributed by atoms with Crippen molar-refractivity contribution in [3.8, 4) is 5.82 Å². The molecule has 0 spiro atoms. The number of carbonyl (C=O) groups excluding carboxylic acids is 1. The second-order valence-corrected chi connectivity index (χ2v) is 7.40. The van der Waals surface area contributed by atoms with Crippen molar-refractivity contribution in [2.24, 2.45) is 5.92 Å². The Labute approximate surface area is 150 Å². The molecule has 1 aliphatic heterocycles. The van der Waals surface area contributed by atoms with E-state index in [1.54, 1.807) is 4.68 Å². The minimum absolute atomic E-state index is 0.128. The monoisotopic (exact) mass is 355 g/mol. The Morgan fingerprint density at radius 1 is 1.35 bits per heavy atom. The lowest BCUT2D eigenvalue weighted by atomic mass is 9.95. The Morgan fingerprint density at radius 3 is 3.00 bits per heavy atom. The van der Waals surface area contributed by atoms with E-state index in [1.807, 2.05) is 0 Å². The summed E-state index contributed by atoms with van der Waals surface area (Å²) in [5.74, 6) is 1.44. The molecule has 1 N–H and O–H groups in total. The topological polar surface area (TPSA) is 96.0 Å². The zero-order chi connectivity index (χ0) is 17.7. The van der Waals surface area contributed by atoms with E-state index in [4.69, 9.17) is 4.74 Å². The van der Waals surface area contributed by atoms with Gasteiger partial charge in [0, 0.05) is 30.7 Å². The number of hydrogen-bond donors (Lipinski definition) is 1. The molecule has 26 heavy (non-hydrogen) atoms. The zero-order valence-electron chi connectivity index (χ0n) is 14.4. The van der Waals surface area contributed by atoms with Gasteiger partial charge in [0.2, 0.25) is 12.0 Å². The van der Waals surface area contributed by atoms with Gasteiger partial charge in [-0.25, -0.2) is 9.67 Å². The van der Waals surface area contributed by atoms with Crippen molar-refractivity contribution in [2.75, 3.05) is 13.2 Å². The number of amides is 1. The van der Waals surface area contributed by atoms with Crippen LogP contribution in [0, 0.1) is 11.1 Å². The van der Waals surface area contributed by atoms with Crippen LogP contribution in [0.3, 0.4) is 0 Å². The van der Waals surface area contributed by atoms with Crippen LogP contribution < -0.4 is 10.0 Å². The van der Waals surface area contributed by atoms with Crippen LogP contribution in [0.2, 0.25) is 0 Å². The summed E-state index contributed by atoms with van der Waals surface area (Å²) in [6.07, 6.45) is 8.96. The summed E-state index contributed by atoms with van der Waals surface area (Å²) in [6, 6.07) is 0.132. The SMILES string of the molecule is O=C(NC1CCOCC1)c1nn(-c2c[n+]([O-])ccn2)c2c1CC[C@@H]1C[C@H]21. The Hall–Kier alpha value is -2.48. The molecule has 0 radical (unpaired) electrons. The first-order valence-corrected chi connectivity index (χ1v) is 9.26. The minimum atomic E-state index is -0.128. The predicted octanol–water partition coefficient (Wildman–Crippen LogP) is 0.859. The zero-order valence-corrected chi connectivity index (χ0v) is 14.4. The van der Waals surface area contributed by atoms with E-state index in [2.05, 4.69) is 15.4 Å². The number of nitrogens with zero attached hydrogens (tertiary/aromatic N) is 4. The van der Waals surface area contributed by atoms with Crippen molar-refractivity contribution >= 4 is 5.91 Å². The van der Waals surface area contributed by atoms with Gasteiger partial charge in [0.1, 0.15) is 0 Å². The first-order valence-electron chi connectivity index (χ1n) is 9.26. The van der Waals surface area contributed by atoms with E-state index < -0.39 is 0 Å². The molecule has 2 fully saturated rings. The van der Waals surface area contributed by atoms with Gasteiger partial charge in [-0.1, -0.05) is 0 Å². The highest BCUT2D eigenvalue weighted by atomic mass is 16.5. The third-order valence-electron chi connectivity index (χ3n) is 5.71. The van der Waals surface area contributed by atoms with Gasteiger partial charge in [-0.3, -0.25) is 4.79 Å². The molecule has 2 aromatic heterocycles. The third-order valence-corrected chi connectivity index (χ3v) is 5.71. The Balaban J connectivity index is 1.52. The van der Waals surface area contributed by atoms with Gasteiger partial charge in [0.15, 0.2) is 11.9 Å². The van der Waals surface area contributed by atoms with Crippen LogP contribution in [0.1, 0.15) is 53.3 Å². The maximum absolute atomic E-state index is 12.9. The fourth-order valence-corrected chi connectivity index (χ4v) is 4.25. The Kier molecular flexibility index (Phi) is 3.66. The Bertz CT molecular complexity index is 859. The van der Waals surface area contributed by atoms with Gasteiger partial charge < -0.3 is 15.3 Å². The molecule has 5 rings (SSSR count). The molecule has 3 aliphatic rings. The number of carbonyl (C=O) groups is 1. The van der Waals surface area contributed by atoms with Crippen LogP contribution in [-0.4, -0.2) is 39.9 Å². The lowest BCUT2D eigenvalue weighted by Gasteiger charge is -2.23. The molecule has 0 unspecified atom stereocenters. The van der Waals surface area contributed by atoms with Gasteiger partial charge >= 0.3 is 0 Å². The maximum atomic E-state index is 12.9. The molecular formula is C18H21N5O3. The normalized spacial score (nSPS) is 24.6. The number of rotatable bonds is 3. The van der Waals surface area contributed by atoms with Gasteiger partial charge in [0.05, 0.1) is 11.9 Å². The average molecular weight is 355 g/mol. The number of aromatic nitrogens is 4. The smallest absolute Gasteiger partial charge is 0.272 e. The summed E-state index contributed by atoms with van der Waals surface area (Å²) < 4.78 is 7.79. The number of ether oxygens (including phenoxy) is 1. The molecule has 2 atom stereocenters. The molecule has 1 amide bonds. The predicted molar refractivity (Wildman–Crippen MR) is 90.8 cm³/mol.